The molecule has 3 fully saturated rings. The van der Waals surface area contributed by atoms with Crippen molar-refractivity contribution in [3.05, 3.63) is 29.8 Å². The molecule has 3 aliphatic rings. The summed E-state index contributed by atoms with van der Waals surface area (Å²) in [5, 5.41) is 9.27. The Morgan fingerprint density at radius 2 is 2.19 bits per heavy atom. The number of aliphatic carboxylic acids is 1. The fraction of sp³-hybridized carbons (Fsp3) is 0.462. The Morgan fingerprint density at radius 1 is 1.44 bits per heavy atom. The quantitative estimate of drug-likeness (QED) is 0.824. The number of benzene rings is 1. The van der Waals surface area contributed by atoms with Crippen LogP contribution in [0.15, 0.2) is 24.3 Å². The highest BCUT2D eigenvalue weighted by Crippen LogP contribution is 2.48. The molecule has 1 unspecified atom stereocenters. The molecule has 1 aliphatic carbocycles. The molecule has 1 saturated carbocycles. The Kier molecular flexibility index (Phi) is 1.96. The second-order valence-electron chi connectivity index (χ2n) is 4.91. The van der Waals surface area contributed by atoms with E-state index in [1.807, 2.05) is 25.1 Å². The van der Waals surface area contributed by atoms with Gasteiger partial charge in [-0.2, -0.15) is 0 Å². The third kappa shape index (κ3) is 1.24. The fourth-order valence-electron chi connectivity index (χ4n) is 3.05. The van der Waals surface area contributed by atoms with Crippen LogP contribution in [0.2, 0.25) is 0 Å². The third-order valence-electron chi connectivity index (χ3n) is 3.84. The summed E-state index contributed by atoms with van der Waals surface area (Å²) >= 11 is 0. The molecule has 2 saturated heterocycles. The highest BCUT2D eigenvalue weighted by molar-refractivity contribution is 5.81. The Hall–Kier alpha value is -1.51. The molecule has 1 atom stereocenters. The monoisotopic (exact) mass is 217 g/mol. The summed E-state index contributed by atoms with van der Waals surface area (Å²) in [7, 11) is 0. The number of carbonyl (C=O) groups is 1. The maximum atomic E-state index is 11.3. The second-order valence-corrected chi connectivity index (χ2v) is 4.91. The number of rotatable bonds is 2. The van der Waals surface area contributed by atoms with Crippen molar-refractivity contribution in [1.29, 1.82) is 0 Å². The zero-order chi connectivity index (χ0) is 11.3. The minimum Gasteiger partial charge on any atom is -0.480 e. The van der Waals surface area contributed by atoms with Gasteiger partial charge in [-0.05, 0) is 43.4 Å². The topological polar surface area (TPSA) is 40.5 Å². The summed E-state index contributed by atoms with van der Waals surface area (Å²) in [6.45, 7) is 2.04. The molecule has 1 aromatic rings. The minimum atomic E-state index is -0.675. The van der Waals surface area contributed by atoms with Gasteiger partial charge in [-0.25, -0.2) is 4.79 Å². The summed E-state index contributed by atoms with van der Waals surface area (Å²) in [6.07, 6.45) is 2.09. The lowest BCUT2D eigenvalue weighted by atomic mass is 9.83. The summed E-state index contributed by atoms with van der Waals surface area (Å²) < 4.78 is 0. The molecule has 0 spiro atoms. The molecule has 2 aliphatic heterocycles. The van der Waals surface area contributed by atoms with Gasteiger partial charge in [0, 0.05) is 11.7 Å². The van der Waals surface area contributed by atoms with Crippen LogP contribution in [-0.2, 0) is 4.79 Å². The molecule has 4 rings (SSSR count). The number of fused-ring (bicyclic) bond motifs is 1. The van der Waals surface area contributed by atoms with E-state index in [-0.39, 0.29) is 6.04 Å². The van der Waals surface area contributed by atoms with Crippen molar-refractivity contribution in [2.24, 2.45) is 5.92 Å². The molecule has 0 radical (unpaired) electrons. The Bertz CT molecular complexity index is 437. The largest absolute Gasteiger partial charge is 0.480 e. The summed E-state index contributed by atoms with van der Waals surface area (Å²) in [4.78, 5) is 13.4. The fourth-order valence-corrected chi connectivity index (χ4v) is 3.05. The van der Waals surface area contributed by atoms with Gasteiger partial charge in [0.1, 0.15) is 6.04 Å². The van der Waals surface area contributed by atoms with Crippen LogP contribution in [0, 0.1) is 12.8 Å². The number of nitrogens with zero attached hydrogens (tertiary/aromatic N) is 1. The average Bonchev–Trinajstić information content (AvgIpc) is 2.70. The molecule has 2 bridgehead atoms. The van der Waals surface area contributed by atoms with Gasteiger partial charge in [0.2, 0.25) is 0 Å². The third-order valence-corrected chi connectivity index (χ3v) is 3.84. The number of hydrogen-bond acceptors (Lipinski definition) is 2. The Morgan fingerprint density at radius 3 is 2.81 bits per heavy atom. The molecule has 3 heteroatoms. The lowest BCUT2D eigenvalue weighted by Gasteiger charge is -2.27. The molecular formula is C13H15NO2. The highest BCUT2D eigenvalue weighted by atomic mass is 16.4. The van der Waals surface area contributed by atoms with Crippen molar-refractivity contribution >= 4 is 11.7 Å². The Balaban J connectivity index is 1.97. The van der Waals surface area contributed by atoms with Crippen LogP contribution in [0.5, 0.6) is 0 Å². The molecule has 1 aromatic carbocycles. The molecule has 0 amide bonds. The normalized spacial score (nSPS) is 31.3. The van der Waals surface area contributed by atoms with Gasteiger partial charge in [-0.1, -0.05) is 12.1 Å². The molecule has 16 heavy (non-hydrogen) atoms. The number of hydrogen-bond donors (Lipinski definition) is 1. The first-order valence-electron chi connectivity index (χ1n) is 5.74. The second kappa shape index (κ2) is 3.24. The van der Waals surface area contributed by atoms with Gasteiger partial charge < -0.3 is 10.0 Å². The van der Waals surface area contributed by atoms with Crippen molar-refractivity contribution in [2.75, 3.05) is 4.90 Å². The van der Waals surface area contributed by atoms with Crippen molar-refractivity contribution in [3.8, 4) is 0 Å². The van der Waals surface area contributed by atoms with Crippen molar-refractivity contribution < 1.29 is 9.90 Å². The zero-order valence-electron chi connectivity index (χ0n) is 9.26. The summed E-state index contributed by atoms with van der Waals surface area (Å²) in [6, 6.07) is 8.29. The molecule has 3 nitrogen and oxygen atoms in total. The molecule has 2 heterocycles. The first-order valence-corrected chi connectivity index (χ1v) is 5.74. The van der Waals surface area contributed by atoms with Gasteiger partial charge in [-0.3, -0.25) is 0 Å². The maximum Gasteiger partial charge on any atom is 0.326 e. The van der Waals surface area contributed by atoms with Crippen LogP contribution in [0.25, 0.3) is 0 Å². The van der Waals surface area contributed by atoms with Crippen LogP contribution in [0.1, 0.15) is 18.4 Å². The van der Waals surface area contributed by atoms with E-state index in [0.29, 0.717) is 12.0 Å². The van der Waals surface area contributed by atoms with Crippen molar-refractivity contribution in [2.45, 2.75) is 31.8 Å². The lowest BCUT2D eigenvalue weighted by Crippen LogP contribution is -2.36. The van der Waals surface area contributed by atoms with Gasteiger partial charge in [0.15, 0.2) is 0 Å². The standard InChI is InChI=1S/C13H15NO2/c1-8-3-2-4-10(5-8)14-11-6-9(7-11)12(14)13(15)16/h2-5,9,11-12H,6-7H2,1H3,(H,15,16). The first kappa shape index (κ1) is 9.70. The van der Waals surface area contributed by atoms with E-state index in [9.17, 15) is 9.90 Å². The molecule has 1 N–H and O–H groups in total. The molecule has 0 aromatic heterocycles. The zero-order valence-corrected chi connectivity index (χ0v) is 9.26. The van der Waals surface area contributed by atoms with E-state index >= 15 is 0 Å². The molecular weight excluding hydrogens is 202 g/mol. The number of carboxylic acid groups (broad SMARTS) is 1. The van der Waals surface area contributed by atoms with Gasteiger partial charge >= 0.3 is 5.97 Å². The maximum absolute atomic E-state index is 11.3. The van der Waals surface area contributed by atoms with Crippen LogP contribution in [0.3, 0.4) is 0 Å². The molecule has 84 valence electrons. The van der Waals surface area contributed by atoms with Crippen LogP contribution in [-0.4, -0.2) is 23.2 Å². The van der Waals surface area contributed by atoms with Gasteiger partial charge in [0.25, 0.3) is 0 Å². The van der Waals surface area contributed by atoms with Crippen LogP contribution >= 0.6 is 0 Å². The van der Waals surface area contributed by atoms with Crippen molar-refractivity contribution in [1.82, 2.24) is 0 Å². The lowest BCUT2D eigenvalue weighted by molar-refractivity contribution is -0.139. The highest BCUT2D eigenvalue weighted by Gasteiger charge is 2.53. The van der Waals surface area contributed by atoms with Gasteiger partial charge in [-0.15, -0.1) is 0 Å². The number of anilines is 1. The Labute approximate surface area is 94.7 Å². The van der Waals surface area contributed by atoms with E-state index in [0.717, 1.165) is 18.5 Å². The van der Waals surface area contributed by atoms with E-state index in [2.05, 4.69) is 11.0 Å². The predicted molar refractivity (Wildman–Crippen MR) is 61.6 cm³/mol. The van der Waals surface area contributed by atoms with Crippen LogP contribution < -0.4 is 4.90 Å². The average molecular weight is 217 g/mol. The minimum absolute atomic E-state index is 0.299. The van der Waals surface area contributed by atoms with Gasteiger partial charge in [0.05, 0.1) is 0 Å². The first-order chi connectivity index (χ1) is 7.66. The smallest absolute Gasteiger partial charge is 0.326 e. The van der Waals surface area contributed by atoms with Crippen LogP contribution in [0.4, 0.5) is 5.69 Å². The van der Waals surface area contributed by atoms with Crippen molar-refractivity contribution in [3.63, 3.8) is 0 Å². The van der Waals surface area contributed by atoms with E-state index in [1.165, 1.54) is 5.56 Å². The predicted octanol–water partition coefficient (Wildman–Crippen LogP) is 2.05. The summed E-state index contributed by atoms with van der Waals surface area (Å²) in [5.74, 6) is -0.311. The van der Waals surface area contributed by atoms with E-state index in [4.69, 9.17) is 0 Å². The SMILES string of the molecule is Cc1cccc(N2C3CC(C3)C2C(=O)O)c1. The number of aryl methyl sites for hydroxylation is 1. The van der Waals surface area contributed by atoms with E-state index in [1.54, 1.807) is 0 Å². The number of carboxylic acids is 1. The van der Waals surface area contributed by atoms with E-state index < -0.39 is 5.97 Å². The summed E-state index contributed by atoms with van der Waals surface area (Å²) in [5.41, 5.74) is 2.25.